The fraction of sp³-hybridized carbons (Fsp3) is 0.333. The SMILES string of the molecule is CCNCCS(=O)(=O)c1ccc(S(=O)(=O)c2ccc(CN)s2)cc1.Cl. The van der Waals surface area contributed by atoms with Gasteiger partial charge in [0.1, 0.15) is 4.21 Å². The van der Waals surface area contributed by atoms with Crippen molar-refractivity contribution < 1.29 is 16.8 Å². The van der Waals surface area contributed by atoms with E-state index in [-0.39, 0.29) is 38.7 Å². The molecular weight excluding hydrogens is 404 g/mol. The first-order chi connectivity index (χ1) is 11.3. The highest BCUT2D eigenvalue weighted by Crippen LogP contribution is 2.28. The zero-order valence-electron chi connectivity index (χ0n) is 13.6. The lowest BCUT2D eigenvalue weighted by Crippen LogP contribution is -2.22. The number of halogens is 1. The molecule has 0 atom stereocenters. The van der Waals surface area contributed by atoms with Crippen molar-refractivity contribution in [1.29, 1.82) is 0 Å². The molecule has 0 amide bonds. The van der Waals surface area contributed by atoms with Gasteiger partial charge >= 0.3 is 0 Å². The molecule has 1 aromatic heterocycles. The van der Waals surface area contributed by atoms with Crippen LogP contribution in [0.2, 0.25) is 0 Å². The molecule has 0 saturated heterocycles. The summed E-state index contributed by atoms with van der Waals surface area (Å²) >= 11 is 1.12. The Morgan fingerprint density at radius 3 is 2.12 bits per heavy atom. The van der Waals surface area contributed by atoms with Crippen molar-refractivity contribution >= 4 is 43.4 Å². The van der Waals surface area contributed by atoms with E-state index in [0.29, 0.717) is 13.1 Å². The van der Waals surface area contributed by atoms with E-state index in [1.165, 1.54) is 30.3 Å². The summed E-state index contributed by atoms with van der Waals surface area (Å²) < 4.78 is 49.6. The molecule has 140 valence electrons. The second-order valence-corrected chi connectivity index (χ2v) is 10.5. The van der Waals surface area contributed by atoms with Gasteiger partial charge in [0.25, 0.3) is 0 Å². The predicted octanol–water partition coefficient (Wildman–Crippen LogP) is 1.84. The van der Waals surface area contributed by atoms with Gasteiger partial charge in [-0.3, -0.25) is 0 Å². The molecule has 0 aliphatic carbocycles. The van der Waals surface area contributed by atoms with Crippen molar-refractivity contribution in [3.63, 3.8) is 0 Å². The van der Waals surface area contributed by atoms with Crippen LogP contribution in [0.25, 0.3) is 0 Å². The van der Waals surface area contributed by atoms with E-state index < -0.39 is 19.7 Å². The Hall–Kier alpha value is -0.970. The monoisotopic (exact) mass is 424 g/mol. The summed E-state index contributed by atoms with van der Waals surface area (Å²) in [7, 11) is -7.09. The standard InChI is InChI=1S/C15H20N2O4S3.ClH/c1-2-17-9-10-23(18,19)13-4-6-14(7-5-13)24(20,21)15-8-3-12(11-16)22-15;/h3-8,17H,2,9-11,16H2,1H3;1H. The highest BCUT2D eigenvalue weighted by molar-refractivity contribution is 7.93. The van der Waals surface area contributed by atoms with Gasteiger partial charge in [0.2, 0.25) is 9.84 Å². The van der Waals surface area contributed by atoms with Gasteiger partial charge in [0.15, 0.2) is 9.84 Å². The van der Waals surface area contributed by atoms with Crippen LogP contribution in [-0.4, -0.2) is 35.7 Å². The summed E-state index contributed by atoms with van der Waals surface area (Å²) in [5, 5.41) is 2.96. The number of sulfone groups is 2. The topological polar surface area (TPSA) is 106 Å². The normalized spacial score (nSPS) is 11.9. The molecule has 2 rings (SSSR count). The fourth-order valence-corrected chi connectivity index (χ4v) is 5.89. The zero-order valence-corrected chi connectivity index (χ0v) is 16.9. The molecule has 0 spiro atoms. The minimum atomic E-state index is -3.66. The number of thiophene rings is 1. The summed E-state index contributed by atoms with van der Waals surface area (Å²) in [5.41, 5.74) is 5.51. The molecule has 0 bridgehead atoms. The summed E-state index contributed by atoms with van der Waals surface area (Å²) in [6, 6.07) is 8.53. The minimum Gasteiger partial charge on any atom is -0.326 e. The smallest absolute Gasteiger partial charge is 0.215 e. The third-order valence-corrected chi connectivity index (χ3v) is 8.49. The number of rotatable bonds is 8. The first-order valence-corrected chi connectivity index (χ1v) is 11.3. The van der Waals surface area contributed by atoms with Crippen molar-refractivity contribution in [3.8, 4) is 0 Å². The Morgan fingerprint density at radius 2 is 1.60 bits per heavy atom. The van der Waals surface area contributed by atoms with Gasteiger partial charge in [-0.05, 0) is 42.9 Å². The molecule has 0 radical (unpaired) electrons. The molecule has 0 aliphatic heterocycles. The van der Waals surface area contributed by atoms with Crippen LogP contribution >= 0.6 is 23.7 Å². The molecule has 1 aromatic carbocycles. The molecule has 0 aliphatic rings. The summed E-state index contributed by atoms with van der Waals surface area (Å²) in [5.74, 6) is -0.0300. The van der Waals surface area contributed by atoms with Crippen molar-refractivity contribution in [2.24, 2.45) is 5.73 Å². The molecule has 0 fully saturated rings. The van der Waals surface area contributed by atoms with Gasteiger partial charge in [-0.1, -0.05) is 6.92 Å². The lowest BCUT2D eigenvalue weighted by atomic mass is 10.4. The highest BCUT2D eigenvalue weighted by Gasteiger charge is 2.21. The maximum absolute atomic E-state index is 12.5. The maximum atomic E-state index is 12.5. The second kappa shape index (κ2) is 9.11. The zero-order chi connectivity index (χ0) is 17.8. The molecule has 0 unspecified atom stereocenters. The van der Waals surface area contributed by atoms with Crippen LogP contribution in [0.15, 0.2) is 50.4 Å². The molecule has 2 aromatic rings. The van der Waals surface area contributed by atoms with E-state index in [9.17, 15) is 16.8 Å². The van der Waals surface area contributed by atoms with Gasteiger partial charge in [-0.2, -0.15) is 0 Å². The Morgan fingerprint density at radius 1 is 1.00 bits per heavy atom. The van der Waals surface area contributed by atoms with Gasteiger partial charge in [0.05, 0.1) is 15.5 Å². The molecule has 0 saturated carbocycles. The Labute approximate surface area is 158 Å². The first-order valence-electron chi connectivity index (χ1n) is 7.38. The van der Waals surface area contributed by atoms with Crippen LogP contribution in [0, 0.1) is 0 Å². The van der Waals surface area contributed by atoms with E-state index >= 15 is 0 Å². The fourth-order valence-electron chi connectivity index (χ4n) is 2.06. The second-order valence-electron chi connectivity index (χ2n) is 5.07. The van der Waals surface area contributed by atoms with Gasteiger partial charge < -0.3 is 11.1 Å². The lowest BCUT2D eigenvalue weighted by Gasteiger charge is -2.07. The van der Waals surface area contributed by atoms with Crippen LogP contribution in [0.4, 0.5) is 0 Å². The average molecular weight is 425 g/mol. The number of nitrogens with two attached hydrogens (primary N) is 1. The van der Waals surface area contributed by atoms with Crippen molar-refractivity contribution in [3.05, 3.63) is 41.3 Å². The summed E-state index contributed by atoms with van der Waals surface area (Å²) in [6.45, 7) is 3.23. The largest absolute Gasteiger partial charge is 0.326 e. The van der Waals surface area contributed by atoms with Crippen LogP contribution in [0.5, 0.6) is 0 Å². The Kier molecular flexibility index (Phi) is 8.04. The van der Waals surface area contributed by atoms with Crippen LogP contribution in [0.3, 0.4) is 0 Å². The third-order valence-electron chi connectivity index (χ3n) is 3.39. The van der Waals surface area contributed by atoms with E-state index in [4.69, 9.17) is 5.73 Å². The van der Waals surface area contributed by atoms with E-state index in [1.807, 2.05) is 6.92 Å². The number of nitrogens with one attached hydrogen (secondary N) is 1. The van der Waals surface area contributed by atoms with Crippen molar-refractivity contribution in [2.45, 2.75) is 27.5 Å². The molecule has 3 N–H and O–H groups in total. The third kappa shape index (κ3) is 5.25. The Balaban J connectivity index is 0.00000312. The molecular formula is C15H21ClN2O4S3. The first kappa shape index (κ1) is 22.1. The summed E-state index contributed by atoms with van der Waals surface area (Å²) in [4.78, 5) is 0.961. The number of hydrogen-bond acceptors (Lipinski definition) is 7. The number of hydrogen-bond donors (Lipinski definition) is 2. The quantitative estimate of drug-likeness (QED) is 0.626. The lowest BCUT2D eigenvalue weighted by molar-refractivity contribution is 0.590. The minimum absolute atomic E-state index is 0. The van der Waals surface area contributed by atoms with E-state index in [2.05, 4.69) is 5.32 Å². The summed E-state index contributed by atoms with van der Waals surface area (Å²) in [6.07, 6.45) is 0. The van der Waals surface area contributed by atoms with Gasteiger partial charge in [-0.15, -0.1) is 23.7 Å². The van der Waals surface area contributed by atoms with Crippen molar-refractivity contribution in [1.82, 2.24) is 5.32 Å². The van der Waals surface area contributed by atoms with E-state index in [0.717, 1.165) is 16.2 Å². The maximum Gasteiger partial charge on any atom is 0.215 e. The number of benzene rings is 1. The highest BCUT2D eigenvalue weighted by atomic mass is 35.5. The Bertz CT molecular complexity index is 891. The molecule has 25 heavy (non-hydrogen) atoms. The molecule has 6 nitrogen and oxygen atoms in total. The predicted molar refractivity (Wildman–Crippen MR) is 102 cm³/mol. The van der Waals surface area contributed by atoms with Crippen LogP contribution in [0.1, 0.15) is 11.8 Å². The van der Waals surface area contributed by atoms with Gasteiger partial charge in [-0.25, -0.2) is 16.8 Å². The van der Waals surface area contributed by atoms with Crippen LogP contribution < -0.4 is 11.1 Å². The van der Waals surface area contributed by atoms with Crippen LogP contribution in [-0.2, 0) is 26.2 Å². The van der Waals surface area contributed by atoms with E-state index in [1.54, 1.807) is 6.07 Å². The van der Waals surface area contributed by atoms with Crippen molar-refractivity contribution in [2.75, 3.05) is 18.8 Å². The molecule has 10 heteroatoms. The molecule has 1 heterocycles. The van der Waals surface area contributed by atoms with Gasteiger partial charge in [0, 0.05) is 18.0 Å². The average Bonchev–Trinajstić information content (AvgIpc) is 3.05.